The number of nitrogens with one attached hydrogen (secondary N) is 2. The summed E-state index contributed by atoms with van der Waals surface area (Å²) in [5, 5.41) is 5.34. The van der Waals surface area contributed by atoms with Crippen LogP contribution in [0.4, 0.5) is 5.69 Å². The molecule has 1 aromatic heterocycles. The number of anilines is 1. The average molecular weight is 269 g/mol. The zero-order valence-electron chi connectivity index (χ0n) is 11.1. The maximum Gasteiger partial charge on any atom is 0.257 e. The van der Waals surface area contributed by atoms with Crippen LogP contribution in [0.1, 0.15) is 15.9 Å². The molecule has 2 rings (SSSR count). The van der Waals surface area contributed by atoms with Gasteiger partial charge in [-0.05, 0) is 29.8 Å². The molecular weight excluding hydrogens is 254 g/mol. The van der Waals surface area contributed by atoms with E-state index in [1.165, 1.54) is 6.20 Å². The molecule has 2 amide bonds. The van der Waals surface area contributed by atoms with Gasteiger partial charge >= 0.3 is 0 Å². The molecule has 1 aromatic carbocycles. The zero-order valence-corrected chi connectivity index (χ0v) is 11.1. The Morgan fingerprint density at radius 1 is 1.15 bits per heavy atom. The number of aromatic nitrogens is 1. The molecule has 0 aliphatic carbocycles. The molecule has 0 spiro atoms. The lowest BCUT2D eigenvalue weighted by Crippen LogP contribution is -2.19. The molecule has 1 heterocycles. The summed E-state index contributed by atoms with van der Waals surface area (Å²) in [5.41, 5.74) is 2.07. The van der Waals surface area contributed by atoms with Crippen molar-refractivity contribution in [3.8, 4) is 0 Å². The van der Waals surface area contributed by atoms with E-state index in [-0.39, 0.29) is 11.8 Å². The molecule has 0 bridgehead atoms. The maximum absolute atomic E-state index is 11.9. The summed E-state index contributed by atoms with van der Waals surface area (Å²) < 4.78 is 0. The Morgan fingerprint density at radius 2 is 1.90 bits per heavy atom. The van der Waals surface area contributed by atoms with Gasteiger partial charge in [-0.1, -0.05) is 12.1 Å². The molecule has 5 nitrogen and oxygen atoms in total. The largest absolute Gasteiger partial charge is 0.359 e. The molecule has 0 atom stereocenters. The first-order chi connectivity index (χ1) is 9.69. The highest BCUT2D eigenvalue weighted by molar-refractivity contribution is 6.04. The Hall–Kier alpha value is -2.69. The Kier molecular flexibility index (Phi) is 4.44. The van der Waals surface area contributed by atoms with Gasteiger partial charge in [-0.3, -0.25) is 14.6 Å². The molecule has 102 valence electrons. The van der Waals surface area contributed by atoms with Crippen LogP contribution in [0.2, 0.25) is 0 Å². The first kappa shape index (κ1) is 13.7. The van der Waals surface area contributed by atoms with Crippen LogP contribution in [0.15, 0.2) is 48.8 Å². The molecule has 2 N–H and O–H groups in total. The second-order valence-electron chi connectivity index (χ2n) is 4.24. The van der Waals surface area contributed by atoms with Crippen LogP contribution in [0.25, 0.3) is 0 Å². The van der Waals surface area contributed by atoms with Gasteiger partial charge < -0.3 is 10.6 Å². The van der Waals surface area contributed by atoms with E-state index in [4.69, 9.17) is 0 Å². The minimum atomic E-state index is -0.211. The fraction of sp³-hybridized carbons (Fsp3) is 0.133. The molecule has 5 heteroatoms. The third kappa shape index (κ3) is 3.65. The van der Waals surface area contributed by atoms with Crippen molar-refractivity contribution in [2.45, 2.75) is 6.42 Å². The Bertz CT molecular complexity index is 594. The van der Waals surface area contributed by atoms with Gasteiger partial charge in [0, 0.05) is 25.1 Å². The SMILES string of the molecule is CNC(=O)Cc1ccc(NC(=O)c2cccnc2)cc1. The van der Waals surface area contributed by atoms with Gasteiger partial charge in [-0.25, -0.2) is 0 Å². The van der Waals surface area contributed by atoms with E-state index in [1.54, 1.807) is 37.5 Å². The summed E-state index contributed by atoms with van der Waals surface area (Å²) in [5.74, 6) is -0.255. The molecular formula is C15H15N3O2. The minimum Gasteiger partial charge on any atom is -0.359 e. The van der Waals surface area contributed by atoms with Crippen LogP contribution in [0, 0.1) is 0 Å². The van der Waals surface area contributed by atoms with Crippen LogP contribution in [-0.4, -0.2) is 23.8 Å². The van der Waals surface area contributed by atoms with Crippen molar-refractivity contribution in [3.05, 3.63) is 59.9 Å². The third-order valence-corrected chi connectivity index (χ3v) is 2.78. The fourth-order valence-electron chi connectivity index (χ4n) is 1.68. The van der Waals surface area contributed by atoms with E-state index in [2.05, 4.69) is 15.6 Å². The number of rotatable bonds is 4. The molecule has 0 saturated carbocycles. The van der Waals surface area contributed by atoms with Crippen LogP contribution >= 0.6 is 0 Å². The van der Waals surface area contributed by atoms with Gasteiger partial charge in [0.1, 0.15) is 0 Å². The smallest absolute Gasteiger partial charge is 0.257 e. The van der Waals surface area contributed by atoms with E-state index in [0.29, 0.717) is 17.7 Å². The molecule has 2 aromatic rings. The standard InChI is InChI=1S/C15H15N3O2/c1-16-14(19)9-11-4-6-13(7-5-11)18-15(20)12-3-2-8-17-10-12/h2-8,10H,9H2,1H3,(H,16,19)(H,18,20). The minimum absolute atomic E-state index is 0.0443. The number of likely N-dealkylation sites (N-methyl/N-ethyl adjacent to an activating group) is 1. The van der Waals surface area contributed by atoms with Gasteiger partial charge in [-0.15, -0.1) is 0 Å². The van der Waals surface area contributed by atoms with Crippen molar-refractivity contribution < 1.29 is 9.59 Å². The predicted octanol–water partition coefficient (Wildman–Crippen LogP) is 1.62. The highest BCUT2D eigenvalue weighted by atomic mass is 16.2. The number of benzene rings is 1. The molecule has 0 aliphatic rings. The lowest BCUT2D eigenvalue weighted by Gasteiger charge is -2.06. The molecule has 20 heavy (non-hydrogen) atoms. The van der Waals surface area contributed by atoms with Gasteiger partial charge in [0.25, 0.3) is 5.91 Å². The van der Waals surface area contributed by atoms with Crippen LogP contribution in [0.5, 0.6) is 0 Å². The zero-order chi connectivity index (χ0) is 14.4. The van der Waals surface area contributed by atoms with Gasteiger partial charge in [0.15, 0.2) is 0 Å². The van der Waals surface area contributed by atoms with Crippen molar-refractivity contribution in [1.82, 2.24) is 10.3 Å². The summed E-state index contributed by atoms with van der Waals surface area (Å²) in [6.45, 7) is 0. The number of hydrogen-bond donors (Lipinski definition) is 2. The molecule has 0 fully saturated rings. The molecule has 0 unspecified atom stereocenters. The first-order valence-electron chi connectivity index (χ1n) is 6.20. The maximum atomic E-state index is 11.9. The second kappa shape index (κ2) is 6.47. The van der Waals surface area contributed by atoms with Crippen molar-refractivity contribution in [3.63, 3.8) is 0 Å². The van der Waals surface area contributed by atoms with Crippen LogP contribution < -0.4 is 10.6 Å². The monoisotopic (exact) mass is 269 g/mol. The van der Waals surface area contributed by atoms with E-state index < -0.39 is 0 Å². The van der Waals surface area contributed by atoms with Crippen molar-refractivity contribution >= 4 is 17.5 Å². The number of carbonyl (C=O) groups excluding carboxylic acids is 2. The van der Waals surface area contributed by atoms with E-state index in [1.807, 2.05) is 12.1 Å². The number of pyridine rings is 1. The summed E-state index contributed by atoms with van der Waals surface area (Å²) in [6, 6.07) is 10.6. The van der Waals surface area contributed by atoms with Gasteiger partial charge in [0.05, 0.1) is 12.0 Å². The lowest BCUT2D eigenvalue weighted by molar-refractivity contribution is -0.119. The first-order valence-corrected chi connectivity index (χ1v) is 6.20. The van der Waals surface area contributed by atoms with Crippen LogP contribution in [-0.2, 0) is 11.2 Å². The van der Waals surface area contributed by atoms with Crippen molar-refractivity contribution in [2.75, 3.05) is 12.4 Å². The van der Waals surface area contributed by atoms with Gasteiger partial charge in [-0.2, -0.15) is 0 Å². The number of hydrogen-bond acceptors (Lipinski definition) is 3. The molecule has 0 radical (unpaired) electrons. The lowest BCUT2D eigenvalue weighted by atomic mass is 10.1. The fourth-order valence-corrected chi connectivity index (χ4v) is 1.68. The summed E-state index contributed by atoms with van der Waals surface area (Å²) in [4.78, 5) is 27.0. The van der Waals surface area contributed by atoms with Crippen molar-refractivity contribution in [2.24, 2.45) is 0 Å². The van der Waals surface area contributed by atoms with E-state index in [9.17, 15) is 9.59 Å². The van der Waals surface area contributed by atoms with Crippen LogP contribution in [0.3, 0.4) is 0 Å². The summed E-state index contributed by atoms with van der Waals surface area (Å²) >= 11 is 0. The quantitative estimate of drug-likeness (QED) is 0.886. The van der Waals surface area contributed by atoms with Crippen molar-refractivity contribution in [1.29, 1.82) is 0 Å². The molecule has 0 aliphatic heterocycles. The number of carbonyl (C=O) groups is 2. The Labute approximate surface area is 117 Å². The number of nitrogens with zero attached hydrogens (tertiary/aromatic N) is 1. The van der Waals surface area contributed by atoms with Gasteiger partial charge in [0.2, 0.25) is 5.91 Å². The molecule has 0 saturated heterocycles. The average Bonchev–Trinajstić information content (AvgIpc) is 2.50. The van der Waals surface area contributed by atoms with E-state index in [0.717, 1.165) is 5.56 Å². The van der Waals surface area contributed by atoms with E-state index >= 15 is 0 Å². The topological polar surface area (TPSA) is 71.1 Å². The Morgan fingerprint density at radius 3 is 2.50 bits per heavy atom. The highest BCUT2D eigenvalue weighted by Crippen LogP contribution is 2.11. The second-order valence-corrected chi connectivity index (χ2v) is 4.24. The summed E-state index contributed by atoms with van der Waals surface area (Å²) in [7, 11) is 1.60. The number of amides is 2. The summed E-state index contributed by atoms with van der Waals surface area (Å²) in [6.07, 6.45) is 3.45. The predicted molar refractivity (Wildman–Crippen MR) is 76.4 cm³/mol. The third-order valence-electron chi connectivity index (χ3n) is 2.78. The normalized spacial score (nSPS) is 9.85. The Balaban J connectivity index is 2.00. The highest BCUT2D eigenvalue weighted by Gasteiger charge is 2.06.